The summed E-state index contributed by atoms with van der Waals surface area (Å²) >= 11 is 0. The van der Waals surface area contributed by atoms with Gasteiger partial charge in [0.15, 0.2) is 0 Å². The summed E-state index contributed by atoms with van der Waals surface area (Å²) in [5.41, 5.74) is 0.889. The van der Waals surface area contributed by atoms with Crippen molar-refractivity contribution in [2.45, 2.75) is 33.8 Å². The van der Waals surface area contributed by atoms with Crippen molar-refractivity contribution in [2.24, 2.45) is 0 Å². The summed E-state index contributed by atoms with van der Waals surface area (Å²) in [5, 5.41) is 2.89. The van der Waals surface area contributed by atoms with Gasteiger partial charge in [-0.15, -0.1) is 0 Å². The molecule has 8 nitrogen and oxygen atoms in total. The van der Waals surface area contributed by atoms with Crippen molar-refractivity contribution >= 4 is 23.3 Å². The standard InChI is InChI=1S/C21H27N5O3/c1-14(2)29-19-8-6-5-7-17(19)24-21(28)18-13-20(23-15(3)22-18)26-11-9-25(10-12-26)16(4)27/h5-8,13-14H,9-12H2,1-4H3,(H,24,28). The molecule has 1 aliphatic rings. The number of para-hydroxylation sites is 2. The van der Waals surface area contributed by atoms with Crippen LogP contribution in [0.4, 0.5) is 11.5 Å². The van der Waals surface area contributed by atoms with Gasteiger partial charge in [0.2, 0.25) is 5.91 Å². The molecule has 3 rings (SSSR count). The number of rotatable bonds is 5. The monoisotopic (exact) mass is 397 g/mol. The van der Waals surface area contributed by atoms with E-state index in [9.17, 15) is 9.59 Å². The second kappa shape index (κ2) is 8.89. The number of hydrogen-bond acceptors (Lipinski definition) is 6. The number of aryl methyl sites for hydroxylation is 1. The zero-order valence-electron chi connectivity index (χ0n) is 17.3. The van der Waals surface area contributed by atoms with Gasteiger partial charge < -0.3 is 19.9 Å². The van der Waals surface area contributed by atoms with Crippen LogP contribution in [-0.4, -0.2) is 59.0 Å². The molecule has 154 valence electrons. The van der Waals surface area contributed by atoms with Gasteiger partial charge in [0.25, 0.3) is 5.91 Å². The van der Waals surface area contributed by atoms with Crippen molar-refractivity contribution in [3.8, 4) is 5.75 Å². The average molecular weight is 397 g/mol. The van der Waals surface area contributed by atoms with Crippen LogP contribution in [0.25, 0.3) is 0 Å². The fraction of sp³-hybridized carbons (Fsp3) is 0.429. The van der Waals surface area contributed by atoms with Crippen LogP contribution in [-0.2, 0) is 4.79 Å². The van der Waals surface area contributed by atoms with Crippen molar-refractivity contribution in [1.82, 2.24) is 14.9 Å². The maximum atomic E-state index is 12.9. The number of ether oxygens (including phenoxy) is 1. The maximum Gasteiger partial charge on any atom is 0.274 e. The molecule has 0 radical (unpaired) electrons. The Morgan fingerprint density at radius 3 is 2.45 bits per heavy atom. The number of carbonyl (C=O) groups is 2. The molecule has 0 unspecified atom stereocenters. The average Bonchev–Trinajstić information content (AvgIpc) is 2.68. The summed E-state index contributed by atoms with van der Waals surface area (Å²) in [7, 11) is 0. The highest BCUT2D eigenvalue weighted by Crippen LogP contribution is 2.25. The van der Waals surface area contributed by atoms with Crippen LogP contribution < -0.4 is 15.0 Å². The minimum absolute atomic E-state index is 0.00498. The zero-order valence-corrected chi connectivity index (χ0v) is 17.3. The van der Waals surface area contributed by atoms with Gasteiger partial charge in [0.05, 0.1) is 11.8 Å². The molecule has 2 heterocycles. The Balaban J connectivity index is 1.76. The second-order valence-corrected chi connectivity index (χ2v) is 7.27. The van der Waals surface area contributed by atoms with Crippen LogP contribution in [0.15, 0.2) is 30.3 Å². The number of hydrogen-bond donors (Lipinski definition) is 1. The van der Waals surface area contributed by atoms with E-state index in [4.69, 9.17) is 4.74 Å². The van der Waals surface area contributed by atoms with E-state index in [1.807, 2.05) is 36.9 Å². The molecular formula is C21H27N5O3. The summed E-state index contributed by atoms with van der Waals surface area (Å²) in [5.74, 6) is 1.58. The van der Waals surface area contributed by atoms with E-state index in [0.717, 1.165) is 0 Å². The second-order valence-electron chi connectivity index (χ2n) is 7.27. The lowest BCUT2D eigenvalue weighted by molar-refractivity contribution is -0.129. The Bertz CT molecular complexity index is 892. The normalized spacial score (nSPS) is 14.1. The number of carbonyl (C=O) groups excluding carboxylic acids is 2. The highest BCUT2D eigenvalue weighted by molar-refractivity contribution is 6.04. The highest BCUT2D eigenvalue weighted by atomic mass is 16.5. The van der Waals surface area contributed by atoms with Crippen molar-refractivity contribution in [1.29, 1.82) is 0 Å². The first-order chi connectivity index (χ1) is 13.8. The Labute approximate surface area is 170 Å². The molecule has 1 N–H and O–H groups in total. The first-order valence-corrected chi connectivity index (χ1v) is 9.76. The molecule has 29 heavy (non-hydrogen) atoms. The molecule has 1 aliphatic heterocycles. The number of anilines is 2. The molecule has 2 amide bonds. The number of aromatic nitrogens is 2. The zero-order chi connectivity index (χ0) is 21.0. The summed E-state index contributed by atoms with van der Waals surface area (Å²) in [6.45, 7) is 9.83. The van der Waals surface area contributed by atoms with Gasteiger partial charge in [-0.3, -0.25) is 9.59 Å². The van der Waals surface area contributed by atoms with Crippen molar-refractivity contribution < 1.29 is 14.3 Å². The van der Waals surface area contributed by atoms with Gasteiger partial charge in [-0.25, -0.2) is 9.97 Å². The van der Waals surface area contributed by atoms with Crippen LogP contribution in [0.2, 0.25) is 0 Å². The smallest absolute Gasteiger partial charge is 0.274 e. The van der Waals surface area contributed by atoms with E-state index in [-0.39, 0.29) is 17.9 Å². The van der Waals surface area contributed by atoms with Crippen LogP contribution >= 0.6 is 0 Å². The van der Waals surface area contributed by atoms with Crippen molar-refractivity contribution in [3.63, 3.8) is 0 Å². The minimum atomic E-state index is -0.320. The Hall–Kier alpha value is -3.16. The molecule has 1 aromatic carbocycles. The predicted octanol–water partition coefficient (Wildman–Crippen LogP) is 2.49. The van der Waals surface area contributed by atoms with E-state index in [0.29, 0.717) is 55.0 Å². The molecule has 0 atom stereocenters. The molecule has 8 heteroatoms. The number of nitrogens with zero attached hydrogens (tertiary/aromatic N) is 4. The molecule has 1 saturated heterocycles. The summed E-state index contributed by atoms with van der Waals surface area (Å²) in [6, 6.07) is 9.01. The maximum absolute atomic E-state index is 12.9. The predicted molar refractivity (Wildman–Crippen MR) is 111 cm³/mol. The molecule has 1 aromatic heterocycles. The summed E-state index contributed by atoms with van der Waals surface area (Å²) < 4.78 is 5.77. The third kappa shape index (κ3) is 5.22. The Kier molecular flexibility index (Phi) is 6.31. The molecule has 2 aromatic rings. The minimum Gasteiger partial charge on any atom is -0.489 e. The lowest BCUT2D eigenvalue weighted by Gasteiger charge is -2.35. The van der Waals surface area contributed by atoms with Crippen molar-refractivity contribution in [3.05, 3.63) is 41.9 Å². The van der Waals surface area contributed by atoms with Crippen LogP contribution in [0.1, 0.15) is 37.1 Å². The molecule has 1 fully saturated rings. The van der Waals surface area contributed by atoms with Crippen LogP contribution in [0, 0.1) is 6.92 Å². The van der Waals surface area contributed by atoms with Crippen LogP contribution in [0.3, 0.4) is 0 Å². The van der Waals surface area contributed by atoms with Gasteiger partial charge in [-0.2, -0.15) is 0 Å². The topological polar surface area (TPSA) is 87.7 Å². The van der Waals surface area contributed by atoms with E-state index in [1.54, 1.807) is 26.0 Å². The molecular weight excluding hydrogens is 370 g/mol. The lowest BCUT2D eigenvalue weighted by atomic mass is 10.2. The SMILES string of the molecule is CC(=O)N1CCN(c2cc(C(=O)Nc3ccccc3OC(C)C)nc(C)n2)CC1. The lowest BCUT2D eigenvalue weighted by Crippen LogP contribution is -2.48. The molecule has 0 saturated carbocycles. The highest BCUT2D eigenvalue weighted by Gasteiger charge is 2.21. The van der Waals surface area contributed by atoms with Gasteiger partial charge >= 0.3 is 0 Å². The Morgan fingerprint density at radius 2 is 1.79 bits per heavy atom. The Morgan fingerprint density at radius 1 is 1.10 bits per heavy atom. The third-order valence-electron chi connectivity index (χ3n) is 4.60. The largest absolute Gasteiger partial charge is 0.489 e. The third-order valence-corrected chi connectivity index (χ3v) is 4.60. The van der Waals surface area contributed by atoms with E-state index < -0.39 is 0 Å². The molecule has 0 aliphatic carbocycles. The molecule has 0 spiro atoms. The van der Waals surface area contributed by atoms with Gasteiger partial charge in [0, 0.05) is 39.2 Å². The first-order valence-electron chi connectivity index (χ1n) is 9.76. The quantitative estimate of drug-likeness (QED) is 0.834. The number of amides is 2. The number of benzene rings is 1. The van der Waals surface area contributed by atoms with Gasteiger partial charge in [0.1, 0.15) is 23.1 Å². The van der Waals surface area contributed by atoms with E-state index in [2.05, 4.69) is 20.2 Å². The van der Waals surface area contributed by atoms with E-state index >= 15 is 0 Å². The summed E-state index contributed by atoms with van der Waals surface area (Å²) in [4.78, 5) is 37.0. The van der Waals surface area contributed by atoms with Gasteiger partial charge in [-0.05, 0) is 32.9 Å². The number of piperazine rings is 1. The number of nitrogens with one attached hydrogen (secondary N) is 1. The first kappa shape index (κ1) is 20.6. The van der Waals surface area contributed by atoms with Gasteiger partial charge in [-0.1, -0.05) is 12.1 Å². The fourth-order valence-corrected chi connectivity index (χ4v) is 3.19. The fourth-order valence-electron chi connectivity index (χ4n) is 3.19. The van der Waals surface area contributed by atoms with E-state index in [1.165, 1.54) is 0 Å². The van der Waals surface area contributed by atoms with Crippen LogP contribution in [0.5, 0.6) is 5.75 Å². The van der Waals surface area contributed by atoms with Crippen molar-refractivity contribution in [2.75, 3.05) is 36.4 Å². The molecule has 0 bridgehead atoms. The summed E-state index contributed by atoms with van der Waals surface area (Å²) in [6.07, 6.45) is -0.00498.